The van der Waals surface area contributed by atoms with Crippen molar-refractivity contribution in [1.82, 2.24) is 19.4 Å². The van der Waals surface area contributed by atoms with Crippen molar-refractivity contribution in [3.63, 3.8) is 0 Å². The lowest BCUT2D eigenvalue weighted by Gasteiger charge is -2.28. The SMILES string of the molecule is CC1CCC(Cn2c(Nc3ccc(OC4=CC=CC(C#N)N4)cc3)nc(=O)n(CC(O)(CO)CO)c2=O)CC1. The summed E-state index contributed by atoms with van der Waals surface area (Å²) in [6, 6.07) is 8.42. The Morgan fingerprint density at radius 1 is 1.15 bits per heavy atom. The van der Waals surface area contributed by atoms with Gasteiger partial charge in [-0.1, -0.05) is 25.8 Å². The van der Waals surface area contributed by atoms with Crippen molar-refractivity contribution in [3.8, 4) is 11.8 Å². The molecule has 1 aromatic heterocycles. The molecule has 0 bridgehead atoms. The van der Waals surface area contributed by atoms with Crippen LogP contribution < -0.4 is 26.7 Å². The van der Waals surface area contributed by atoms with Crippen LogP contribution in [-0.2, 0) is 13.1 Å². The highest BCUT2D eigenvalue weighted by molar-refractivity contribution is 5.54. The van der Waals surface area contributed by atoms with Crippen molar-refractivity contribution in [2.75, 3.05) is 18.5 Å². The van der Waals surface area contributed by atoms with Gasteiger partial charge in [-0.3, -0.25) is 4.57 Å². The monoisotopic (exact) mass is 538 g/mol. The number of rotatable bonds is 10. The van der Waals surface area contributed by atoms with Gasteiger partial charge in [0.05, 0.1) is 25.8 Å². The van der Waals surface area contributed by atoms with E-state index in [1.54, 1.807) is 42.5 Å². The molecule has 4 rings (SSSR count). The van der Waals surface area contributed by atoms with Crippen LogP contribution in [0.15, 0.2) is 58.0 Å². The number of nitrogens with zero attached hydrogens (tertiary/aromatic N) is 4. The van der Waals surface area contributed by atoms with Crippen molar-refractivity contribution >= 4 is 11.6 Å². The summed E-state index contributed by atoms with van der Waals surface area (Å²) in [5.74, 6) is 1.82. The lowest BCUT2D eigenvalue weighted by Crippen LogP contribution is -2.51. The molecule has 2 aromatic rings. The number of aromatic nitrogens is 3. The number of aliphatic hydroxyl groups is 3. The fourth-order valence-corrected chi connectivity index (χ4v) is 4.64. The quantitative estimate of drug-likeness (QED) is 0.293. The molecule has 2 heterocycles. The number of ether oxygens (including phenoxy) is 1. The van der Waals surface area contributed by atoms with Crippen LogP contribution in [0.4, 0.5) is 11.6 Å². The molecule has 12 heteroatoms. The standard InChI is InChI=1S/C27H34N6O6/c1-18-5-7-19(8-6-18)14-32-24(31-25(36)33(26(32)37)15-27(38,16-34)17-35)30-20-9-11-22(12-10-20)39-23-4-2-3-21(13-28)29-23/h2-4,9-12,18-19,21,29,34-35,38H,5-8,14-17H2,1H3,(H,30,31,36). The number of anilines is 2. The minimum atomic E-state index is -2.04. The molecule has 208 valence electrons. The zero-order chi connectivity index (χ0) is 28.0. The van der Waals surface area contributed by atoms with Gasteiger partial charge in [0, 0.05) is 12.2 Å². The van der Waals surface area contributed by atoms with Crippen molar-refractivity contribution in [1.29, 1.82) is 5.26 Å². The molecule has 39 heavy (non-hydrogen) atoms. The first-order valence-electron chi connectivity index (χ1n) is 13.0. The van der Waals surface area contributed by atoms with E-state index in [0.29, 0.717) is 29.8 Å². The Bertz CT molecular complexity index is 1360. The summed E-state index contributed by atoms with van der Waals surface area (Å²) in [5.41, 5.74) is -3.09. The number of aliphatic hydroxyl groups excluding tert-OH is 2. The summed E-state index contributed by atoms with van der Waals surface area (Å²) in [4.78, 5) is 30.4. The van der Waals surface area contributed by atoms with Gasteiger partial charge in [0.1, 0.15) is 17.4 Å². The molecule has 1 atom stereocenters. The Balaban J connectivity index is 1.59. The first-order valence-corrected chi connectivity index (χ1v) is 13.0. The van der Waals surface area contributed by atoms with E-state index in [0.717, 1.165) is 30.3 Å². The third-order valence-corrected chi connectivity index (χ3v) is 7.09. The largest absolute Gasteiger partial charge is 0.441 e. The van der Waals surface area contributed by atoms with Crippen molar-refractivity contribution in [2.24, 2.45) is 11.8 Å². The van der Waals surface area contributed by atoms with E-state index in [1.165, 1.54) is 4.57 Å². The van der Waals surface area contributed by atoms with E-state index in [1.807, 2.05) is 0 Å². The molecular weight excluding hydrogens is 504 g/mol. The summed E-state index contributed by atoms with van der Waals surface area (Å²) < 4.78 is 7.90. The molecule has 1 aliphatic heterocycles. The molecule has 0 amide bonds. The van der Waals surface area contributed by atoms with E-state index >= 15 is 0 Å². The molecule has 1 saturated carbocycles. The van der Waals surface area contributed by atoms with E-state index in [4.69, 9.17) is 10.00 Å². The predicted octanol–water partition coefficient (Wildman–Crippen LogP) is 0.962. The lowest BCUT2D eigenvalue weighted by molar-refractivity contribution is -0.0676. The smallest absolute Gasteiger partial charge is 0.355 e. The van der Waals surface area contributed by atoms with Crippen LogP contribution in [0.2, 0.25) is 0 Å². The molecule has 1 aliphatic carbocycles. The van der Waals surface area contributed by atoms with Crippen LogP contribution in [0.1, 0.15) is 32.6 Å². The second-order valence-corrected chi connectivity index (χ2v) is 10.3. The van der Waals surface area contributed by atoms with Crippen LogP contribution in [-0.4, -0.2) is 54.3 Å². The maximum atomic E-state index is 13.5. The van der Waals surface area contributed by atoms with Gasteiger partial charge in [-0.25, -0.2) is 14.2 Å². The van der Waals surface area contributed by atoms with E-state index < -0.39 is 42.8 Å². The van der Waals surface area contributed by atoms with Crippen LogP contribution in [0.3, 0.4) is 0 Å². The van der Waals surface area contributed by atoms with Gasteiger partial charge < -0.3 is 30.7 Å². The van der Waals surface area contributed by atoms with E-state index in [9.17, 15) is 24.9 Å². The number of benzene rings is 1. The molecule has 1 unspecified atom stereocenters. The zero-order valence-electron chi connectivity index (χ0n) is 21.8. The number of dihydropyridines is 1. The van der Waals surface area contributed by atoms with Gasteiger partial charge in [-0.15, -0.1) is 0 Å². The number of nitriles is 1. The topological polar surface area (TPSA) is 175 Å². The fraction of sp³-hybridized carbons (Fsp3) is 0.481. The first-order chi connectivity index (χ1) is 18.7. The number of hydrogen-bond donors (Lipinski definition) is 5. The van der Waals surface area contributed by atoms with Gasteiger partial charge in [0.15, 0.2) is 5.88 Å². The van der Waals surface area contributed by atoms with Gasteiger partial charge >= 0.3 is 11.4 Å². The summed E-state index contributed by atoms with van der Waals surface area (Å²) >= 11 is 0. The van der Waals surface area contributed by atoms with Crippen LogP contribution in [0.25, 0.3) is 0 Å². The summed E-state index contributed by atoms with van der Waals surface area (Å²) in [6.45, 7) is 0.278. The van der Waals surface area contributed by atoms with Gasteiger partial charge in [0.2, 0.25) is 5.95 Å². The molecule has 0 saturated heterocycles. The molecule has 0 radical (unpaired) electrons. The highest BCUT2D eigenvalue weighted by Gasteiger charge is 2.29. The van der Waals surface area contributed by atoms with Gasteiger partial charge in [-0.2, -0.15) is 10.2 Å². The Kier molecular flexibility index (Phi) is 8.86. The van der Waals surface area contributed by atoms with Gasteiger partial charge in [-0.05, 0) is 61.1 Å². The fourth-order valence-electron chi connectivity index (χ4n) is 4.64. The Morgan fingerprint density at radius 2 is 1.85 bits per heavy atom. The van der Waals surface area contributed by atoms with Gasteiger partial charge in [0.25, 0.3) is 0 Å². The Hall–Kier alpha value is -3.92. The summed E-state index contributed by atoms with van der Waals surface area (Å²) in [6.07, 6.45) is 9.10. The number of hydrogen-bond acceptors (Lipinski definition) is 10. The lowest BCUT2D eigenvalue weighted by atomic mass is 9.83. The molecular formula is C27H34N6O6. The van der Waals surface area contributed by atoms with Crippen molar-refractivity contribution in [3.05, 3.63) is 69.3 Å². The second-order valence-electron chi connectivity index (χ2n) is 10.3. The third kappa shape index (κ3) is 6.94. The van der Waals surface area contributed by atoms with Crippen molar-refractivity contribution < 1.29 is 20.1 Å². The molecule has 0 spiro atoms. The van der Waals surface area contributed by atoms with E-state index in [-0.39, 0.29) is 11.9 Å². The molecule has 2 aliphatic rings. The number of nitrogens with one attached hydrogen (secondary N) is 2. The normalized spacial score (nSPS) is 21.0. The maximum Gasteiger partial charge on any atom is 0.355 e. The molecule has 12 nitrogen and oxygen atoms in total. The Labute approximate surface area is 225 Å². The van der Waals surface area contributed by atoms with Crippen molar-refractivity contribution in [2.45, 2.75) is 57.3 Å². The third-order valence-electron chi connectivity index (χ3n) is 7.09. The maximum absolute atomic E-state index is 13.5. The first kappa shape index (κ1) is 28.1. The molecule has 1 aromatic carbocycles. The van der Waals surface area contributed by atoms with Crippen LogP contribution in [0.5, 0.6) is 5.75 Å². The average Bonchev–Trinajstić information content (AvgIpc) is 2.95. The highest BCUT2D eigenvalue weighted by Crippen LogP contribution is 2.30. The number of allylic oxidation sites excluding steroid dienone is 2. The zero-order valence-corrected chi connectivity index (χ0v) is 21.8. The minimum absolute atomic E-state index is 0.0590. The predicted molar refractivity (Wildman–Crippen MR) is 143 cm³/mol. The second kappa shape index (κ2) is 12.3. The minimum Gasteiger partial charge on any atom is -0.441 e. The summed E-state index contributed by atoms with van der Waals surface area (Å²) in [5, 5.41) is 44.4. The highest BCUT2D eigenvalue weighted by atomic mass is 16.5. The van der Waals surface area contributed by atoms with E-state index in [2.05, 4.69) is 28.6 Å². The summed E-state index contributed by atoms with van der Waals surface area (Å²) in [7, 11) is 0. The molecule has 5 N–H and O–H groups in total. The van der Waals surface area contributed by atoms with Crippen LogP contribution in [0, 0.1) is 23.2 Å². The van der Waals surface area contributed by atoms with Crippen LogP contribution >= 0.6 is 0 Å². The average molecular weight is 539 g/mol. The molecule has 1 fully saturated rings. The Morgan fingerprint density at radius 3 is 2.49 bits per heavy atom.